The van der Waals surface area contributed by atoms with E-state index in [1.165, 1.54) is 31.2 Å². The van der Waals surface area contributed by atoms with Gasteiger partial charge in [0.2, 0.25) is 0 Å². The standard InChI is InChI=1S/C11H17N3/c1-7-10(9-5-3-4-6-9)11(12)14-8(2)13-7/h9H,3-6H2,1-2H3,(H2,12,13,14). The van der Waals surface area contributed by atoms with Gasteiger partial charge in [0.25, 0.3) is 0 Å². The van der Waals surface area contributed by atoms with Crippen molar-refractivity contribution >= 4 is 5.82 Å². The molecule has 0 aliphatic heterocycles. The van der Waals surface area contributed by atoms with Crippen LogP contribution in [-0.2, 0) is 0 Å². The lowest BCUT2D eigenvalue weighted by molar-refractivity contribution is 0.707. The van der Waals surface area contributed by atoms with E-state index in [1.54, 1.807) is 0 Å². The number of nitrogen functional groups attached to an aromatic ring is 1. The van der Waals surface area contributed by atoms with Crippen LogP contribution in [0.2, 0.25) is 0 Å². The zero-order valence-corrected chi connectivity index (χ0v) is 8.88. The largest absolute Gasteiger partial charge is 0.383 e. The topological polar surface area (TPSA) is 51.8 Å². The van der Waals surface area contributed by atoms with E-state index < -0.39 is 0 Å². The van der Waals surface area contributed by atoms with Crippen LogP contribution in [0.25, 0.3) is 0 Å². The second-order valence-corrected chi connectivity index (χ2v) is 4.14. The molecule has 2 rings (SSSR count). The molecule has 0 amide bonds. The highest BCUT2D eigenvalue weighted by molar-refractivity contribution is 5.44. The third-order valence-corrected chi connectivity index (χ3v) is 3.04. The van der Waals surface area contributed by atoms with Gasteiger partial charge in [-0.25, -0.2) is 9.97 Å². The fraction of sp³-hybridized carbons (Fsp3) is 0.636. The normalized spacial score (nSPS) is 17.6. The summed E-state index contributed by atoms with van der Waals surface area (Å²) in [4.78, 5) is 8.63. The molecule has 1 aromatic heterocycles. The van der Waals surface area contributed by atoms with Crippen molar-refractivity contribution in [3.8, 4) is 0 Å². The second kappa shape index (κ2) is 3.56. The van der Waals surface area contributed by atoms with E-state index in [4.69, 9.17) is 5.73 Å². The Hall–Kier alpha value is -1.12. The molecule has 0 spiro atoms. The maximum Gasteiger partial charge on any atom is 0.130 e. The Morgan fingerprint density at radius 2 is 1.79 bits per heavy atom. The fourth-order valence-electron chi connectivity index (χ4n) is 2.47. The summed E-state index contributed by atoms with van der Waals surface area (Å²) in [6.07, 6.45) is 5.13. The molecule has 0 unspecified atom stereocenters. The zero-order valence-electron chi connectivity index (χ0n) is 8.88. The third-order valence-electron chi connectivity index (χ3n) is 3.04. The summed E-state index contributed by atoms with van der Waals surface area (Å²) < 4.78 is 0. The van der Waals surface area contributed by atoms with Gasteiger partial charge in [0.15, 0.2) is 0 Å². The number of rotatable bonds is 1. The van der Waals surface area contributed by atoms with Crippen molar-refractivity contribution in [3.05, 3.63) is 17.1 Å². The first-order chi connectivity index (χ1) is 6.68. The minimum Gasteiger partial charge on any atom is -0.383 e. The van der Waals surface area contributed by atoms with Crippen molar-refractivity contribution < 1.29 is 0 Å². The number of hydrogen-bond acceptors (Lipinski definition) is 3. The van der Waals surface area contributed by atoms with Crippen LogP contribution < -0.4 is 5.73 Å². The van der Waals surface area contributed by atoms with Gasteiger partial charge in [0, 0.05) is 11.3 Å². The van der Waals surface area contributed by atoms with Gasteiger partial charge in [0.1, 0.15) is 11.6 Å². The number of hydrogen-bond donors (Lipinski definition) is 1. The number of nitrogens with zero attached hydrogens (tertiary/aromatic N) is 2. The molecule has 2 N–H and O–H groups in total. The minimum absolute atomic E-state index is 0.607. The second-order valence-electron chi connectivity index (χ2n) is 4.14. The van der Waals surface area contributed by atoms with Crippen molar-refractivity contribution in [1.82, 2.24) is 9.97 Å². The first-order valence-corrected chi connectivity index (χ1v) is 5.29. The first kappa shape index (κ1) is 9.44. The Balaban J connectivity index is 2.40. The van der Waals surface area contributed by atoms with E-state index in [0.29, 0.717) is 11.7 Å². The van der Waals surface area contributed by atoms with Crippen molar-refractivity contribution in [1.29, 1.82) is 0 Å². The van der Waals surface area contributed by atoms with E-state index in [1.807, 2.05) is 13.8 Å². The summed E-state index contributed by atoms with van der Waals surface area (Å²) in [6.45, 7) is 3.93. The van der Waals surface area contributed by atoms with Gasteiger partial charge in [-0.15, -0.1) is 0 Å². The van der Waals surface area contributed by atoms with Gasteiger partial charge in [0.05, 0.1) is 0 Å². The Morgan fingerprint density at radius 3 is 2.36 bits per heavy atom. The quantitative estimate of drug-likeness (QED) is 0.741. The van der Waals surface area contributed by atoms with E-state index in [9.17, 15) is 0 Å². The van der Waals surface area contributed by atoms with Gasteiger partial charge >= 0.3 is 0 Å². The molecule has 0 radical (unpaired) electrons. The van der Waals surface area contributed by atoms with Gasteiger partial charge in [-0.2, -0.15) is 0 Å². The maximum absolute atomic E-state index is 5.95. The van der Waals surface area contributed by atoms with Crippen LogP contribution in [0.4, 0.5) is 5.82 Å². The Labute approximate surface area is 84.8 Å². The molecule has 3 nitrogen and oxygen atoms in total. The molecule has 0 atom stereocenters. The summed E-state index contributed by atoms with van der Waals surface area (Å²) in [5.41, 5.74) is 8.22. The van der Waals surface area contributed by atoms with Crippen LogP contribution in [0.5, 0.6) is 0 Å². The molecule has 1 saturated carbocycles. The summed E-state index contributed by atoms with van der Waals surface area (Å²) >= 11 is 0. The predicted octanol–water partition coefficient (Wildman–Crippen LogP) is 2.33. The minimum atomic E-state index is 0.607. The first-order valence-electron chi connectivity index (χ1n) is 5.29. The average Bonchev–Trinajstić information content (AvgIpc) is 2.54. The lowest BCUT2D eigenvalue weighted by atomic mass is 9.97. The van der Waals surface area contributed by atoms with Crippen molar-refractivity contribution in [3.63, 3.8) is 0 Å². The summed E-state index contributed by atoms with van der Waals surface area (Å²) in [5.74, 6) is 2.08. The van der Waals surface area contributed by atoms with Crippen LogP contribution in [0.1, 0.15) is 48.7 Å². The highest BCUT2D eigenvalue weighted by atomic mass is 14.9. The molecule has 0 bridgehead atoms. The van der Waals surface area contributed by atoms with E-state index >= 15 is 0 Å². The molecule has 76 valence electrons. The number of aryl methyl sites for hydroxylation is 2. The predicted molar refractivity (Wildman–Crippen MR) is 57.1 cm³/mol. The molecule has 14 heavy (non-hydrogen) atoms. The molecule has 1 fully saturated rings. The van der Waals surface area contributed by atoms with Crippen molar-refractivity contribution in [2.75, 3.05) is 5.73 Å². The monoisotopic (exact) mass is 191 g/mol. The molecular formula is C11H17N3. The summed E-state index contributed by atoms with van der Waals surface area (Å²) in [5, 5.41) is 0. The Kier molecular flexibility index (Phi) is 2.40. The van der Waals surface area contributed by atoms with Gasteiger partial charge in [-0.1, -0.05) is 12.8 Å². The lowest BCUT2D eigenvalue weighted by Crippen LogP contribution is -2.08. The number of aromatic nitrogens is 2. The molecule has 1 aliphatic rings. The van der Waals surface area contributed by atoms with E-state index in [2.05, 4.69) is 9.97 Å². The molecule has 3 heteroatoms. The SMILES string of the molecule is Cc1nc(C)c(C2CCCC2)c(N)n1. The number of nitrogens with two attached hydrogens (primary N) is 1. The molecular weight excluding hydrogens is 174 g/mol. The van der Waals surface area contributed by atoms with Crippen molar-refractivity contribution in [2.24, 2.45) is 0 Å². The maximum atomic E-state index is 5.95. The van der Waals surface area contributed by atoms with Gasteiger partial charge in [-0.3, -0.25) is 0 Å². The molecule has 0 saturated heterocycles. The summed E-state index contributed by atoms with van der Waals surface area (Å²) in [7, 11) is 0. The fourth-order valence-corrected chi connectivity index (χ4v) is 2.47. The lowest BCUT2D eigenvalue weighted by Gasteiger charge is -2.14. The van der Waals surface area contributed by atoms with E-state index in [-0.39, 0.29) is 0 Å². The summed E-state index contributed by atoms with van der Waals surface area (Å²) in [6, 6.07) is 0. The molecule has 1 heterocycles. The van der Waals surface area contributed by atoms with E-state index in [0.717, 1.165) is 11.5 Å². The third kappa shape index (κ3) is 1.59. The van der Waals surface area contributed by atoms with Gasteiger partial charge in [-0.05, 0) is 32.6 Å². The zero-order chi connectivity index (χ0) is 10.1. The highest BCUT2D eigenvalue weighted by Crippen LogP contribution is 2.37. The molecule has 0 aromatic carbocycles. The van der Waals surface area contributed by atoms with Crippen LogP contribution in [0.15, 0.2) is 0 Å². The van der Waals surface area contributed by atoms with Crippen LogP contribution >= 0.6 is 0 Å². The van der Waals surface area contributed by atoms with Crippen LogP contribution in [-0.4, -0.2) is 9.97 Å². The Morgan fingerprint density at radius 1 is 1.14 bits per heavy atom. The van der Waals surface area contributed by atoms with Crippen LogP contribution in [0, 0.1) is 13.8 Å². The van der Waals surface area contributed by atoms with Gasteiger partial charge < -0.3 is 5.73 Å². The number of anilines is 1. The highest BCUT2D eigenvalue weighted by Gasteiger charge is 2.22. The average molecular weight is 191 g/mol. The Bertz CT molecular complexity index is 317. The molecule has 1 aromatic rings. The molecule has 1 aliphatic carbocycles. The van der Waals surface area contributed by atoms with Crippen molar-refractivity contribution in [2.45, 2.75) is 45.4 Å². The smallest absolute Gasteiger partial charge is 0.130 e. The van der Waals surface area contributed by atoms with Crippen LogP contribution in [0.3, 0.4) is 0 Å².